The van der Waals surface area contributed by atoms with Crippen LogP contribution >= 0.6 is 11.6 Å². The number of nitrogens with zero attached hydrogens (tertiary/aromatic N) is 2. The predicted molar refractivity (Wildman–Crippen MR) is 63.7 cm³/mol. The first-order chi connectivity index (χ1) is 8.54. The van der Waals surface area contributed by atoms with Crippen LogP contribution in [0.25, 0.3) is 0 Å². The summed E-state index contributed by atoms with van der Waals surface area (Å²) in [7, 11) is 1.64. The van der Waals surface area contributed by atoms with Crippen LogP contribution in [0.3, 0.4) is 0 Å². The quantitative estimate of drug-likeness (QED) is 0.663. The van der Waals surface area contributed by atoms with Crippen molar-refractivity contribution >= 4 is 11.6 Å². The van der Waals surface area contributed by atoms with Gasteiger partial charge in [0.25, 0.3) is 0 Å². The van der Waals surface area contributed by atoms with Crippen LogP contribution in [-0.4, -0.2) is 9.78 Å². The van der Waals surface area contributed by atoms with E-state index in [1.807, 2.05) is 0 Å². The lowest BCUT2D eigenvalue weighted by Crippen LogP contribution is -2.31. The van der Waals surface area contributed by atoms with Gasteiger partial charge in [-0.05, 0) is 18.2 Å². The first-order valence-electron chi connectivity index (χ1n) is 5.13. The minimum atomic E-state index is -0.777. The highest BCUT2D eigenvalue weighted by Gasteiger charge is 2.23. The second kappa shape index (κ2) is 5.01. The van der Waals surface area contributed by atoms with Crippen molar-refractivity contribution in [2.45, 2.75) is 6.04 Å². The third-order valence-corrected chi connectivity index (χ3v) is 2.94. The normalized spacial score (nSPS) is 12.7. The zero-order chi connectivity index (χ0) is 13.3. The van der Waals surface area contributed by atoms with Gasteiger partial charge in [0.2, 0.25) is 0 Å². The Morgan fingerprint density at radius 1 is 1.44 bits per heavy atom. The number of hydrogen-bond acceptors (Lipinski definition) is 3. The molecular weight excluding hydrogens is 262 g/mol. The van der Waals surface area contributed by atoms with Crippen molar-refractivity contribution in [3.63, 3.8) is 0 Å². The molecule has 1 aromatic heterocycles. The van der Waals surface area contributed by atoms with Crippen LogP contribution in [0.1, 0.15) is 17.3 Å². The highest BCUT2D eigenvalue weighted by Crippen LogP contribution is 2.29. The van der Waals surface area contributed by atoms with E-state index in [1.54, 1.807) is 7.05 Å². The Morgan fingerprint density at radius 2 is 2.17 bits per heavy atom. The van der Waals surface area contributed by atoms with Crippen LogP contribution < -0.4 is 11.3 Å². The molecule has 0 aliphatic rings. The minimum Gasteiger partial charge on any atom is -0.271 e. The van der Waals surface area contributed by atoms with Crippen molar-refractivity contribution in [1.82, 2.24) is 15.2 Å². The van der Waals surface area contributed by atoms with Gasteiger partial charge in [0, 0.05) is 12.6 Å². The molecule has 18 heavy (non-hydrogen) atoms. The van der Waals surface area contributed by atoms with Crippen molar-refractivity contribution in [2.24, 2.45) is 12.9 Å². The third kappa shape index (κ3) is 2.22. The lowest BCUT2D eigenvalue weighted by molar-refractivity contribution is 0.523. The number of rotatable bonds is 3. The van der Waals surface area contributed by atoms with Crippen molar-refractivity contribution in [2.75, 3.05) is 0 Å². The molecule has 7 heteroatoms. The predicted octanol–water partition coefficient (Wildman–Crippen LogP) is 1.90. The summed E-state index contributed by atoms with van der Waals surface area (Å²) in [5, 5.41) is 4.26. The van der Waals surface area contributed by atoms with Crippen LogP contribution in [0, 0.1) is 11.6 Å². The number of nitrogens with one attached hydrogen (secondary N) is 1. The molecule has 0 spiro atoms. The number of hydrazine groups is 1. The van der Waals surface area contributed by atoms with Gasteiger partial charge >= 0.3 is 0 Å². The molecule has 2 aromatic rings. The third-order valence-electron chi connectivity index (χ3n) is 2.65. The SMILES string of the molecule is Cn1ncc(Cl)c1C(NN)c1cc(F)ccc1F. The van der Waals surface area contributed by atoms with Gasteiger partial charge in [-0.1, -0.05) is 11.6 Å². The molecule has 0 aliphatic carbocycles. The van der Waals surface area contributed by atoms with Crippen molar-refractivity contribution in [3.05, 3.63) is 52.3 Å². The van der Waals surface area contributed by atoms with Crippen molar-refractivity contribution in [3.8, 4) is 0 Å². The maximum atomic E-state index is 13.7. The van der Waals surface area contributed by atoms with Crippen LogP contribution in [0.2, 0.25) is 5.02 Å². The largest absolute Gasteiger partial charge is 0.271 e. The Bertz CT molecular complexity index is 551. The van der Waals surface area contributed by atoms with Crippen LogP contribution in [0.15, 0.2) is 24.4 Å². The molecule has 96 valence electrons. The van der Waals surface area contributed by atoms with Gasteiger partial charge in [0.1, 0.15) is 11.6 Å². The van der Waals surface area contributed by atoms with Crippen LogP contribution in [0.5, 0.6) is 0 Å². The van der Waals surface area contributed by atoms with E-state index >= 15 is 0 Å². The molecule has 1 aromatic carbocycles. The van der Waals surface area contributed by atoms with E-state index in [1.165, 1.54) is 10.9 Å². The standard InChI is InChI=1S/C11H11ClF2N4/c1-18-11(8(12)5-16-18)10(17-15)7-4-6(13)2-3-9(7)14/h2-5,10,17H,15H2,1H3. The molecule has 2 rings (SSSR count). The summed E-state index contributed by atoms with van der Waals surface area (Å²) in [5.74, 6) is 4.29. The Hall–Kier alpha value is -1.50. The number of nitrogens with two attached hydrogens (primary N) is 1. The van der Waals surface area contributed by atoms with E-state index in [0.717, 1.165) is 18.2 Å². The van der Waals surface area contributed by atoms with Gasteiger partial charge in [0.05, 0.1) is 23.0 Å². The van der Waals surface area contributed by atoms with Crippen LogP contribution in [-0.2, 0) is 7.05 Å². The molecule has 0 saturated heterocycles. The topological polar surface area (TPSA) is 55.9 Å². The highest BCUT2D eigenvalue weighted by atomic mass is 35.5. The number of halogens is 3. The van der Waals surface area contributed by atoms with Gasteiger partial charge in [-0.25, -0.2) is 14.2 Å². The number of benzene rings is 1. The van der Waals surface area contributed by atoms with E-state index in [4.69, 9.17) is 17.4 Å². The monoisotopic (exact) mass is 272 g/mol. The minimum absolute atomic E-state index is 0.0722. The second-order valence-electron chi connectivity index (χ2n) is 3.77. The van der Waals surface area contributed by atoms with Crippen molar-refractivity contribution < 1.29 is 8.78 Å². The summed E-state index contributed by atoms with van der Waals surface area (Å²) < 4.78 is 28.4. The Labute approximate surface area is 107 Å². The fourth-order valence-corrected chi connectivity index (χ4v) is 2.07. The molecule has 0 aliphatic heterocycles. The molecule has 0 bridgehead atoms. The summed E-state index contributed by atoms with van der Waals surface area (Å²) >= 11 is 5.97. The molecular formula is C11H11ClF2N4. The number of aromatic nitrogens is 2. The van der Waals surface area contributed by atoms with Gasteiger partial charge in [-0.2, -0.15) is 5.10 Å². The van der Waals surface area contributed by atoms with Crippen molar-refractivity contribution in [1.29, 1.82) is 0 Å². The summed E-state index contributed by atoms with van der Waals surface area (Å²) in [6.45, 7) is 0. The molecule has 0 amide bonds. The smallest absolute Gasteiger partial charge is 0.128 e. The molecule has 0 fully saturated rings. The van der Waals surface area contributed by atoms with Gasteiger partial charge in [0.15, 0.2) is 0 Å². The van der Waals surface area contributed by atoms with Crippen LogP contribution in [0.4, 0.5) is 8.78 Å². The molecule has 4 nitrogen and oxygen atoms in total. The summed E-state index contributed by atoms with van der Waals surface area (Å²) in [4.78, 5) is 0. The van der Waals surface area contributed by atoms with E-state index < -0.39 is 17.7 Å². The summed E-state index contributed by atoms with van der Waals surface area (Å²) in [6, 6.07) is 2.38. The first-order valence-corrected chi connectivity index (χ1v) is 5.51. The van der Waals surface area contributed by atoms with E-state index in [0.29, 0.717) is 10.7 Å². The zero-order valence-electron chi connectivity index (χ0n) is 9.49. The van der Waals surface area contributed by atoms with E-state index in [9.17, 15) is 8.78 Å². The molecule has 0 saturated carbocycles. The second-order valence-corrected chi connectivity index (χ2v) is 4.17. The molecule has 3 N–H and O–H groups in total. The lowest BCUT2D eigenvalue weighted by Gasteiger charge is -2.18. The van der Waals surface area contributed by atoms with Gasteiger partial charge < -0.3 is 0 Å². The summed E-state index contributed by atoms with van der Waals surface area (Å²) in [5.41, 5.74) is 2.95. The van der Waals surface area contributed by atoms with E-state index in [-0.39, 0.29) is 5.56 Å². The van der Waals surface area contributed by atoms with E-state index in [2.05, 4.69) is 10.5 Å². The Morgan fingerprint density at radius 3 is 2.72 bits per heavy atom. The lowest BCUT2D eigenvalue weighted by atomic mass is 10.0. The molecule has 0 radical (unpaired) electrons. The fourth-order valence-electron chi connectivity index (χ4n) is 1.80. The average molecular weight is 273 g/mol. The Kier molecular flexibility index (Phi) is 3.60. The number of hydrogen-bond donors (Lipinski definition) is 2. The molecule has 1 atom stereocenters. The fraction of sp³-hybridized carbons (Fsp3) is 0.182. The molecule has 1 heterocycles. The molecule has 1 unspecified atom stereocenters. The zero-order valence-corrected chi connectivity index (χ0v) is 10.2. The summed E-state index contributed by atoms with van der Waals surface area (Å²) in [6.07, 6.45) is 1.42. The van der Waals surface area contributed by atoms with Gasteiger partial charge in [-0.15, -0.1) is 0 Å². The maximum Gasteiger partial charge on any atom is 0.128 e. The Balaban J connectivity index is 2.55. The maximum absolute atomic E-state index is 13.7. The highest BCUT2D eigenvalue weighted by molar-refractivity contribution is 6.31. The first kappa shape index (κ1) is 12.9. The average Bonchev–Trinajstić information content (AvgIpc) is 2.66. The number of aryl methyl sites for hydroxylation is 1. The van der Waals surface area contributed by atoms with Gasteiger partial charge in [-0.3, -0.25) is 10.5 Å².